The molecule has 0 aliphatic carbocycles. The predicted octanol–water partition coefficient (Wildman–Crippen LogP) is 5.55. The van der Waals surface area contributed by atoms with Crippen molar-refractivity contribution in [2.24, 2.45) is 5.92 Å². The van der Waals surface area contributed by atoms with Gasteiger partial charge in [-0.15, -0.1) is 0 Å². The highest BCUT2D eigenvalue weighted by Gasteiger charge is 2.38. The number of carboxylic acids is 1. The quantitative estimate of drug-likeness (QED) is 0.391. The number of benzene rings is 1. The maximum atomic E-state index is 12.1. The predicted molar refractivity (Wildman–Crippen MR) is 116 cm³/mol. The minimum absolute atomic E-state index is 0.127. The molecule has 0 aromatic heterocycles. The Morgan fingerprint density at radius 1 is 1.03 bits per heavy atom. The zero-order chi connectivity index (χ0) is 23.1. The van der Waals surface area contributed by atoms with Crippen molar-refractivity contribution in [3.8, 4) is 0 Å². The lowest BCUT2D eigenvalue weighted by molar-refractivity contribution is -0.192. The zero-order valence-corrected chi connectivity index (χ0v) is 18.3. The van der Waals surface area contributed by atoms with Crippen LogP contribution in [0.25, 0.3) is 0 Å². The van der Waals surface area contributed by atoms with Gasteiger partial charge in [-0.25, -0.2) is 4.79 Å². The van der Waals surface area contributed by atoms with Crippen molar-refractivity contribution in [3.05, 3.63) is 29.8 Å². The summed E-state index contributed by atoms with van der Waals surface area (Å²) in [6.07, 6.45) is 7.90. The average molecular weight is 445 g/mol. The second kappa shape index (κ2) is 14.8. The molecule has 1 fully saturated rings. The molecule has 1 aliphatic rings. The van der Waals surface area contributed by atoms with Crippen molar-refractivity contribution in [2.45, 2.75) is 77.3 Å². The molecule has 0 saturated carbocycles. The van der Waals surface area contributed by atoms with Crippen LogP contribution in [0, 0.1) is 5.92 Å². The number of rotatable bonds is 11. The lowest BCUT2D eigenvalue weighted by Crippen LogP contribution is -2.24. The molecule has 2 rings (SSSR count). The Labute approximate surface area is 182 Å². The fourth-order valence-corrected chi connectivity index (χ4v) is 3.34. The highest BCUT2D eigenvalue weighted by molar-refractivity contribution is 5.92. The Balaban J connectivity index is 0.000000592. The summed E-state index contributed by atoms with van der Waals surface area (Å²) < 4.78 is 31.7. The first kappa shape index (κ1) is 26.9. The summed E-state index contributed by atoms with van der Waals surface area (Å²) in [6.45, 7) is 4.03. The van der Waals surface area contributed by atoms with E-state index >= 15 is 0 Å². The number of amides is 1. The number of carbonyl (C=O) groups is 2. The van der Waals surface area contributed by atoms with Gasteiger partial charge in [0.05, 0.1) is 5.92 Å². The molecule has 1 aliphatic heterocycles. The van der Waals surface area contributed by atoms with Crippen LogP contribution in [0.3, 0.4) is 0 Å². The van der Waals surface area contributed by atoms with E-state index < -0.39 is 12.1 Å². The Bertz CT molecular complexity index is 642. The summed E-state index contributed by atoms with van der Waals surface area (Å²) in [5, 5.41) is 13.4. The van der Waals surface area contributed by atoms with Crippen LogP contribution >= 0.6 is 0 Å². The number of halogens is 3. The fraction of sp³-hybridized carbons (Fsp3) is 0.652. The topological polar surface area (TPSA) is 78.4 Å². The van der Waals surface area contributed by atoms with Crippen LogP contribution in [0.2, 0.25) is 0 Å². The highest BCUT2D eigenvalue weighted by Crippen LogP contribution is 2.16. The molecule has 0 spiro atoms. The highest BCUT2D eigenvalue weighted by atomic mass is 19.4. The first-order chi connectivity index (χ1) is 14.7. The smallest absolute Gasteiger partial charge is 0.475 e. The lowest BCUT2D eigenvalue weighted by Gasteiger charge is -2.10. The van der Waals surface area contributed by atoms with Gasteiger partial charge in [-0.1, -0.05) is 64.0 Å². The summed E-state index contributed by atoms with van der Waals surface area (Å²) in [5.74, 6) is -2.48. The van der Waals surface area contributed by atoms with E-state index in [0.717, 1.165) is 31.6 Å². The van der Waals surface area contributed by atoms with Gasteiger partial charge >= 0.3 is 12.1 Å². The Morgan fingerprint density at radius 3 is 2.06 bits per heavy atom. The molecule has 0 bridgehead atoms. The van der Waals surface area contributed by atoms with E-state index in [9.17, 15) is 18.0 Å². The molecule has 1 amide bonds. The molecule has 1 atom stereocenters. The molecule has 3 N–H and O–H groups in total. The van der Waals surface area contributed by atoms with Gasteiger partial charge in [0, 0.05) is 12.2 Å². The van der Waals surface area contributed by atoms with Crippen LogP contribution < -0.4 is 10.6 Å². The SMILES string of the molecule is CCCCCCCCCCc1ccc(NC(=O)C2CCNC2)cc1.O=C(O)C(F)(F)F. The molecular weight excluding hydrogens is 409 g/mol. The van der Waals surface area contributed by atoms with Crippen LogP contribution in [0.5, 0.6) is 0 Å². The number of alkyl halides is 3. The van der Waals surface area contributed by atoms with E-state index in [-0.39, 0.29) is 11.8 Å². The van der Waals surface area contributed by atoms with Gasteiger partial charge in [0.15, 0.2) is 0 Å². The summed E-state index contributed by atoms with van der Waals surface area (Å²) in [7, 11) is 0. The van der Waals surface area contributed by atoms with Gasteiger partial charge in [-0.2, -0.15) is 13.2 Å². The van der Waals surface area contributed by atoms with E-state index in [0.29, 0.717) is 0 Å². The first-order valence-electron chi connectivity index (χ1n) is 11.1. The Hall–Kier alpha value is -2.09. The number of unbranched alkanes of at least 4 members (excludes halogenated alkanes) is 7. The summed E-state index contributed by atoms with van der Waals surface area (Å²) in [4.78, 5) is 21.0. The Morgan fingerprint density at radius 2 is 1.58 bits per heavy atom. The van der Waals surface area contributed by atoms with Crippen LogP contribution in [0.1, 0.15) is 70.3 Å². The third-order valence-corrected chi connectivity index (χ3v) is 5.21. The van der Waals surface area contributed by atoms with E-state index in [2.05, 4.69) is 29.7 Å². The second-order valence-corrected chi connectivity index (χ2v) is 7.90. The lowest BCUT2D eigenvalue weighted by atomic mass is 10.0. The number of nitrogens with one attached hydrogen (secondary N) is 2. The largest absolute Gasteiger partial charge is 0.490 e. The van der Waals surface area contributed by atoms with Crippen molar-refractivity contribution in [1.29, 1.82) is 0 Å². The van der Waals surface area contributed by atoms with E-state index in [1.54, 1.807) is 0 Å². The van der Waals surface area contributed by atoms with Gasteiger partial charge in [-0.05, 0) is 43.5 Å². The van der Waals surface area contributed by atoms with Crippen LogP contribution in [0.15, 0.2) is 24.3 Å². The molecule has 31 heavy (non-hydrogen) atoms. The van der Waals surface area contributed by atoms with E-state index in [4.69, 9.17) is 9.90 Å². The molecule has 1 saturated heterocycles. The monoisotopic (exact) mass is 444 g/mol. The summed E-state index contributed by atoms with van der Waals surface area (Å²) >= 11 is 0. The molecule has 1 aromatic rings. The second-order valence-electron chi connectivity index (χ2n) is 7.90. The number of hydrogen-bond acceptors (Lipinski definition) is 3. The number of carboxylic acid groups (broad SMARTS) is 1. The minimum Gasteiger partial charge on any atom is -0.475 e. The molecule has 1 heterocycles. The van der Waals surface area contributed by atoms with Crippen LogP contribution in [-0.4, -0.2) is 36.2 Å². The molecule has 8 heteroatoms. The van der Waals surface area contributed by atoms with Gasteiger partial charge in [0.25, 0.3) is 0 Å². The maximum absolute atomic E-state index is 12.1. The van der Waals surface area contributed by atoms with Crippen molar-refractivity contribution < 1.29 is 27.9 Å². The van der Waals surface area contributed by atoms with Gasteiger partial charge in [0.1, 0.15) is 0 Å². The molecule has 0 radical (unpaired) electrons. The zero-order valence-electron chi connectivity index (χ0n) is 18.3. The van der Waals surface area contributed by atoms with E-state index in [1.807, 2.05) is 12.1 Å². The number of carbonyl (C=O) groups excluding carboxylic acids is 1. The third kappa shape index (κ3) is 12.4. The van der Waals surface area contributed by atoms with Crippen molar-refractivity contribution >= 4 is 17.6 Å². The van der Waals surface area contributed by atoms with E-state index in [1.165, 1.54) is 56.9 Å². The average Bonchev–Trinajstić information content (AvgIpc) is 3.26. The fourth-order valence-electron chi connectivity index (χ4n) is 3.34. The molecule has 176 valence electrons. The van der Waals surface area contributed by atoms with Crippen molar-refractivity contribution in [1.82, 2.24) is 5.32 Å². The van der Waals surface area contributed by atoms with Gasteiger partial charge in [-0.3, -0.25) is 4.79 Å². The minimum atomic E-state index is -5.08. The number of anilines is 1. The molecule has 1 aromatic carbocycles. The standard InChI is InChI=1S/C21H34N2O.C2HF3O2/c1-2-3-4-5-6-7-8-9-10-18-11-13-20(14-12-18)23-21(24)19-15-16-22-17-19;3-2(4,5)1(6)7/h11-14,19,22H,2-10,15-17H2,1H3,(H,23,24);(H,6,7). The van der Waals surface area contributed by atoms with Gasteiger partial charge in [0.2, 0.25) is 5.91 Å². The molecule has 1 unspecified atom stereocenters. The third-order valence-electron chi connectivity index (χ3n) is 5.21. The molecular formula is C23H35F3N2O3. The first-order valence-corrected chi connectivity index (χ1v) is 11.1. The number of hydrogen-bond donors (Lipinski definition) is 3. The van der Waals surface area contributed by atoms with Crippen molar-refractivity contribution in [2.75, 3.05) is 18.4 Å². The van der Waals surface area contributed by atoms with Crippen LogP contribution in [-0.2, 0) is 16.0 Å². The molecule has 5 nitrogen and oxygen atoms in total. The normalized spacial score (nSPS) is 15.8. The van der Waals surface area contributed by atoms with Crippen LogP contribution in [0.4, 0.5) is 18.9 Å². The Kier molecular flexibility index (Phi) is 12.9. The van der Waals surface area contributed by atoms with Crippen molar-refractivity contribution in [3.63, 3.8) is 0 Å². The maximum Gasteiger partial charge on any atom is 0.490 e. The number of aliphatic carboxylic acids is 1. The number of aryl methyl sites for hydroxylation is 1. The summed E-state index contributed by atoms with van der Waals surface area (Å²) in [6, 6.07) is 8.40. The summed E-state index contributed by atoms with van der Waals surface area (Å²) in [5.41, 5.74) is 2.30. The van der Waals surface area contributed by atoms with Gasteiger partial charge < -0.3 is 15.7 Å².